The van der Waals surface area contributed by atoms with Crippen LogP contribution in [0.2, 0.25) is 0 Å². The number of anilines is 1. The number of unbranched alkanes of at least 4 members (excludes halogenated alkanes) is 1. The van der Waals surface area contributed by atoms with Gasteiger partial charge in [0.2, 0.25) is 0 Å². The molecule has 1 atom stereocenters. The number of hydrogen-bond acceptors (Lipinski definition) is 2. The van der Waals surface area contributed by atoms with Gasteiger partial charge in [-0.25, -0.2) is 0 Å². The Morgan fingerprint density at radius 2 is 1.94 bits per heavy atom. The van der Waals surface area contributed by atoms with E-state index >= 15 is 0 Å². The summed E-state index contributed by atoms with van der Waals surface area (Å²) in [5.74, 6) is 0. The van der Waals surface area contributed by atoms with Crippen LogP contribution in [0.25, 0.3) is 0 Å². The lowest BCUT2D eigenvalue weighted by Crippen LogP contribution is -2.26. The molecule has 0 heterocycles. The van der Waals surface area contributed by atoms with Gasteiger partial charge in [0.1, 0.15) is 0 Å². The second-order valence-corrected chi connectivity index (χ2v) is 5.16. The minimum atomic E-state index is 0.133. The molecule has 0 saturated heterocycles. The molecule has 17 heavy (non-hydrogen) atoms. The van der Waals surface area contributed by atoms with Crippen LogP contribution in [0.5, 0.6) is 0 Å². The van der Waals surface area contributed by atoms with Crippen molar-refractivity contribution in [1.29, 1.82) is 0 Å². The fraction of sp³-hybridized carbons (Fsp3) is 0.600. The molecule has 0 unspecified atom stereocenters. The molecule has 0 spiro atoms. The van der Waals surface area contributed by atoms with E-state index in [1.807, 2.05) is 6.92 Å². The molecular weight excluding hydrogens is 208 g/mol. The van der Waals surface area contributed by atoms with Crippen LogP contribution in [-0.4, -0.2) is 12.6 Å². The number of nitrogens with two attached hydrogens (primary N) is 1. The summed E-state index contributed by atoms with van der Waals surface area (Å²) in [6.07, 6.45) is 5.27. The van der Waals surface area contributed by atoms with Crippen LogP contribution < -0.4 is 10.6 Å². The lowest BCUT2D eigenvalue weighted by atomic mass is 10.1. The third-order valence-corrected chi connectivity index (χ3v) is 3.49. The first-order valence-electron chi connectivity index (χ1n) is 6.84. The maximum atomic E-state index is 5.88. The molecule has 1 aromatic rings. The van der Waals surface area contributed by atoms with Gasteiger partial charge < -0.3 is 10.6 Å². The largest absolute Gasteiger partial charge is 0.369 e. The van der Waals surface area contributed by atoms with Gasteiger partial charge in [-0.15, -0.1) is 0 Å². The quantitative estimate of drug-likeness (QED) is 0.813. The van der Waals surface area contributed by atoms with E-state index in [1.165, 1.54) is 43.5 Å². The van der Waals surface area contributed by atoms with Crippen LogP contribution in [-0.2, 0) is 0 Å². The van der Waals surface area contributed by atoms with Gasteiger partial charge in [0, 0.05) is 24.3 Å². The van der Waals surface area contributed by atoms with E-state index in [4.69, 9.17) is 5.73 Å². The number of benzene rings is 1. The second kappa shape index (κ2) is 5.54. The summed E-state index contributed by atoms with van der Waals surface area (Å²) in [5, 5.41) is 0. The van der Waals surface area contributed by atoms with Crippen LogP contribution in [0, 0.1) is 0 Å². The highest BCUT2D eigenvalue weighted by molar-refractivity contribution is 5.50. The lowest BCUT2D eigenvalue weighted by Gasteiger charge is -2.25. The Kier molecular flexibility index (Phi) is 4.06. The van der Waals surface area contributed by atoms with Crippen molar-refractivity contribution < 1.29 is 0 Å². The van der Waals surface area contributed by atoms with Gasteiger partial charge in [0.05, 0.1) is 0 Å². The highest BCUT2D eigenvalue weighted by Gasteiger charge is 2.28. The van der Waals surface area contributed by atoms with Gasteiger partial charge in [0.15, 0.2) is 0 Å². The monoisotopic (exact) mass is 232 g/mol. The summed E-state index contributed by atoms with van der Waals surface area (Å²) in [6.45, 7) is 5.48. The Morgan fingerprint density at radius 3 is 2.41 bits per heavy atom. The Bertz CT molecular complexity index is 338. The molecule has 0 aromatic heterocycles. The van der Waals surface area contributed by atoms with Gasteiger partial charge in [-0.05, 0) is 43.9 Å². The summed E-state index contributed by atoms with van der Waals surface area (Å²) < 4.78 is 0. The molecule has 94 valence electrons. The molecule has 1 fully saturated rings. The predicted octanol–water partition coefficient (Wildman–Crippen LogP) is 3.48. The number of hydrogen-bond donors (Lipinski definition) is 1. The van der Waals surface area contributed by atoms with E-state index in [1.54, 1.807) is 0 Å². The van der Waals surface area contributed by atoms with Gasteiger partial charge in [0.25, 0.3) is 0 Å². The standard InChI is InChI=1S/C15H24N2/c1-3-4-11-17(15-9-10-15)14-7-5-13(6-8-14)12(2)16/h5-8,12,15H,3-4,9-11,16H2,1-2H3/t12-/m1/s1. The molecule has 0 aliphatic heterocycles. The second-order valence-electron chi connectivity index (χ2n) is 5.16. The normalized spacial score (nSPS) is 16.9. The molecule has 1 aliphatic rings. The molecule has 2 rings (SSSR count). The minimum Gasteiger partial charge on any atom is -0.369 e. The third kappa shape index (κ3) is 3.22. The Labute approximate surface area is 105 Å². The van der Waals surface area contributed by atoms with Gasteiger partial charge >= 0.3 is 0 Å². The molecule has 1 aliphatic carbocycles. The van der Waals surface area contributed by atoms with Crippen LogP contribution in [0.4, 0.5) is 5.69 Å². The lowest BCUT2D eigenvalue weighted by molar-refractivity contribution is 0.712. The van der Waals surface area contributed by atoms with E-state index in [9.17, 15) is 0 Å². The zero-order valence-corrected chi connectivity index (χ0v) is 11.0. The smallest absolute Gasteiger partial charge is 0.0368 e. The molecule has 0 bridgehead atoms. The molecule has 2 heteroatoms. The van der Waals surface area contributed by atoms with Crippen molar-refractivity contribution in [1.82, 2.24) is 0 Å². The van der Waals surface area contributed by atoms with Crippen molar-refractivity contribution in [2.75, 3.05) is 11.4 Å². The zero-order valence-electron chi connectivity index (χ0n) is 11.0. The van der Waals surface area contributed by atoms with E-state index in [0.717, 1.165) is 6.04 Å². The highest BCUT2D eigenvalue weighted by atomic mass is 15.2. The van der Waals surface area contributed by atoms with Crippen molar-refractivity contribution in [3.05, 3.63) is 29.8 Å². The fourth-order valence-electron chi connectivity index (χ4n) is 2.21. The topological polar surface area (TPSA) is 29.3 Å². The average Bonchev–Trinajstić information content (AvgIpc) is 3.14. The first-order chi connectivity index (χ1) is 8.22. The summed E-state index contributed by atoms with van der Waals surface area (Å²) in [6, 6.07) is 9.72. The van der Waals surface area contributed by atoms with Crippen LogP contribution in [0.3, 0.4) is 0 Å². The molecule has 1 aromatic carbocycles. The minimum absolute atomic E-state index is 0.133. The fourth-order valence-corrected chi connectivity index (χ4v) is 2.21. The molecule has 2 nitrogen and oxygen atoms in total. The predicted molar refractivity (Wildman–Crippen MR) is 74.3 cm³/mol. The Morgan fingerprint density at radius 1 is 1.29 bits per heavy atom. The van der Waals surface area contributed by atoms with Gasteiger partial charge in [-0.2, -0.15) is 0 Å². The highest BCUT2D eigenvalue weighted by Crippen LogP contribution is 2.32. The summed E-state index contributed by atoms with van der Waals surface area (Å²) in [5.41, 5.74) is 8.47. The average molecular weight is 232 g/mol. The van der Waals surface area contributed by atoms with E-state index in [2.05, 4.69) is 36.1 Å². The zero-order chi connectivity index (χ0) is 12.3. The van der Waals surface area contributed by atoms with Crippen LogP contribution >= 0.6 is 0 Å². The summed E-state index contributed by atoms with van der Waals surface area (Å²) in [7, 11) is 0. The van der Waals surface area contributed by atoms with Crippen LogP contribution in [0.1, 0.15) is 51.1 Å². The van der Waals surface area contributed by atoms with E-state index < -0.39 is 0 Å². The first-order valence-corrected chi connectivity index (χ1v) is 6.84. The Balaban J connectivity index is 2.07. The van der Waals surface area contributed by atoms with Crippen molar-refractivity contribution in [2.45, 2.75) is 51.6 Å². The number of rotatable bonds is 6. The molecule has 0 amide bonds. The van der Waals surface area contributed by atoms with E-state index in [-0.39, 0.29) is 6.04 Å². The SMILES string of the molecule is CCCCN(c1ccc([C@@H](C)N)cc1)C1CC1. The van der Waals surface area contributed by atoms with Gasteiger partial charge in [-0.1, -0.05) is 25.5 Å². The third-order valence-electron chi connectivity index (χ3n) is 3.49. The summed E-state index contributed by atoms with van der Waals surface area (Å²) >= 11 is 0. The summed E-state index contributed by atoms with van der Waals surface area (Å²) in [4.78, 5) is 2.56. The van der Waals surface area contributed by atoms with Gasteiger partial charge in [-0.3, -0.25) is 0 Å². The van der Waals surface area contributed by atoms with Crippen LogP contribution in [0.15, 0.2) is 24.3 Å². The maximum Gasteiger partial charge on any atom is 0.0368 e. The molecule has 2 N–H and O–H groups in total. The molecule has 1 saturated carbocycles. The van der Waals surface area contributed by atoms with E-state index in [0.29, 0.717) is 0 Å². The van der Waals surface area contributed by atoms with Crippen molar-refractivity contribution in [3.8, 4) is 0 Å². The molecule has 0 radical (unpaired) electrons. The van der Waals surface area contributed by atoms with Crippen molar-refractivity contribution >= 4 is 5.69 Å². The molecular formula is C15H24N2. The van der Waals surface area contributed by atoms with Crippen molar-refractivity contribution in [3.63, 3.8) is 0 Å². The Hall–Kier alpha value is -1.02. The first kappa shape index (κ1) is 12.4. The number of nitrogens with zero attached hydrogens (tertiary/aromatic N) is 1. The van der Waals surface area contributed by atoms with Crippen molar-refractivity contribution in [2.24, 2.45) is 5.73 Å². The maximum absolute atomic E-state index is 5.88.